The Labute approximate surface area is 139 Å². The Hall–Kier alpha value is -2.78. The Bertz CT molecular complexity index is 898. The molecule has 0 radical (unpaired) electrons. The molecule has 0 bridgehead atoms. The van der Waals surface area contributed by atoms with Crippen molar-refractivity contribution in [1.82, 2.24) is 0 Å². The van der Waals surface area contributed by atoms with Crippen LogP contribution < -0.4 is 0 Å². The van der Waals surface area contributed by atoms with Crippen molar-refractivity contribution < 1.29 is 44.3 Å². The molecule has 0 saturated heterocycles. The first-order valence-electron chi connectivity index (χ1n) is 6.57. The van der Waals surface area contributed by atoms with E-state index in [1.807, 2.05) is 0 Å². The highest BCUT2D eigenvalue weighted by Gasteiger charge is 2.41. The van der Waals surface area contributed by atoms with Gasteiger partial charge in [-0.1, -0.05) is 30.3 Å². The maximum Gasteiger partial charge on any atom is 0.445 e. The quantitative estimate of drug-likeness (QED) is 0.290. The second-order valence-electron chi connectivity index (χ2n) is 4.83. The summed E-state index contributed by atoms with van der Waals surface area (Å²) >= 11 is 0. The average Bonchev–Trinajstić information content (AvgIpc) is 2.61. The molecule has 0 aliphatic carbocycles. The topological polar surface area (TPSA) is 17.1 Å². The zero-order valence-electron chi connectivity index (χ0n) is 12.2. The van der Waals surface area contributed by atoms with Gasteiger partial charge in [0, 0.05) is 5.56 Å². The monoisotopic (exact) mass is 384 g/mol. The van der Waals surface area contributed by atoms with Crippen LogP contribution in [0.1, 0.15) is 21.5 Å². The largest absolute Gasteiger partial charge is 0.445 e. The number of halogens is 9. The second-order valence-corrected chi connectivity index (χ2v) is 4.83. The molecule has 0 unspecified atom stereocenters. The molecule has 0 saturated carbocycles. The summed E-state index contributed by atoms with van der Waals surface area (Å²) in [6.45, 7) is 0. The first kappa shape index (κ1) is 19.5. The summed E-state index contributed by atoms with van der Waals surface area (Å²) < 4.78 is 118. The average molecular weight is 384 g/mol. The van der Waals surface area contributed by atoms with Crippen molar-refractivity contribution in [3.63, 3.8) is 0 Å². The van der Waals surface area contributed by atoms with Crippen molar-refractivity contribution in [2.24, 2.45) is 0 Å². The summed E-state index contributed by atoms with van der Waals surface area (Å²) in [5, 5.41) is 0. The molecule has 0 amide bonds. The lowest BCUT2D eigenvalue weighted by Crippen LogP contribution is -2.16. The lowest BCUT2D eigenvalue weighted by Gasteiger charge is -2.13. The molecule has 2 aromatic rings. The predicted octanol–water partition coefficient (Wildman–Crippen LogP) is 5.64. The minimum Gasteiger partial charge on any atom is -0.288 e. The van der Waals surface area contributed by atoms with Gasteiger partial charge in [0.25, 0.3) is 0 Å². The minimum atomic E-state index is -5.98. The van der Waals surface area contributed by atoms with Crippen LogP contribution in [0.25, 0.3) is 5.83 Å². The molecule has 0 heterocycles. The van der Waals surface area contributed by atoms with Gasteiger partial charge in [-0.3, -0.25) is 4.79 Å². The first-order chi connectivity index (χ1) is 12.0. The van der Waals surface area contributed by atoms with Crippen molar-refractivity contribution in [3.05, 3.63) is 76.1 Å². The number of alkyl halides is 3. The van der Waals surface area contributed by atoms with E-state index in [-0.39, 0.29) is 0 Å². The van der Waals surface area contributed by atoms with Crippen LogP contribution in [-0.2, 0) is 0 Å². The van der Waals surface area contributed by atoms with Gasteiger partial charge >= 0.3 is 6.18 Å². The van der Waals surface area contributed by atoms with E-state index in [9.17, 15) is 44.3 Å². The van der Waals surface area contributed by atoms with Gasteiger partial charge in [0.05, 0.1) is 11.1 Å². The number of carbonyl (C=O) groups excluding carboxylic acids is 1. The van der Waals surface area contributed by atoms with Gasteiger partial charge in [-0.15, -0.1) is 0 Å². The van der Waals surface area contributed by atoms with Crippen LogP contribution in [0.5, 0.6) is 0 Å². The zero-order chi connectivity index (χ0) is 19.8. The molecule has 1 nitrogen and oxygen atoms in total. The summed E-state index contributed by atoms with van der Waals surface area (Å²) in [5.41, 5.74) is -4.73. The van der Waals surface area contributed by atoms with E-state index in [0.717, 1.165) is 12.1 Å². The number of carbonyl (C=O) groups is 1. The van der Waals surface area contributed by atoms with Gasteiger partial charge in [-0.2, -0.15) is 17.6 Å². The predicted molar refractivity (Wildman–Crippen MR) is 71.3 cm³/mol. The minimum absolute atomic E-state index is 0.515. The van der Waals surface area contributed by atoms with Crippen molar-refractivity contribution in [2.45, 2.75) is 6.18 Å². The SMILES string of the molecule is O=C(c1ccccc1)c1c(F)c(F)c(F)c(F)c1C(F)=C(F)C(F)(F)F. The van der Waals surface area contributed by atoms with E-state index in [0.29, 0.717) is 0 Å². The number of rotatable bonds is 3. The molecule has 0 spiro atoms. The van der Waals surface area contributed by atoms with Crippen LogP contribution in [0.4, 0.5) is 39.5 Å². The molecule has 138 valence electrons. The fourth-order valence-corrected chi connectivity index (χ4v) is 2.02. The van der Waals surface area contributed by atoms with Crippen molar-refractivity contribution in [2.75, 3.05) is 0 Å². The summed E-state index contributed by atoms with van der Waals surface area (Å²) in [5.74, 6) is -18.7. The molecule has 0 aliphatic rings. The van der Waals surface area contributed by atoms with E-state index in [1.54, 1.807) is 0 Å². The van der Waals surface area contributed by atoms with E-state index in [4.69, 9.17) is 0 Å². The number of ketones is 1. The highest BCUT2D eigenvalue weighted by Crippen LogP contribution is 2.38. The molecule has 2 rings (SSSR count). The van der Waals surface area contributed by atoms with E-state index in [1.165, 1.54) is 18.2 Å². The fraction of sp³-hybridized carbons (Fsp3) is 0.0625. The Morgan fingerprint density at radius 1 is 0.731 bits per heavy atom. The molecular weight excluding hydrogens is 379 g/mol. The molecule has 0 aliphatic heterocycles. The summed E-state index contributed by atoms with van der Waals surface area (Å²) in [7, 11) is 0. The van der Waals surface area contributed by atoms with Gasteiger partial charge in [-0.25, -0.2) is 22.0 Å². The van der Waals surface area contributed by atoms with Gasteiger partial charge in [-0.05, 0) is 0 Å². The molecule has 26 heavy (non-hydrogen) atoms. The van der Waals surface area contributed by atoms with Gasteiger partial charge < -0.3 is 0 Å². The van der Waals surface area contributed by atoms with Gasteiger partial charge in [0.15, 0.2) is 34.9 Å². The molecule has 10 heteroatoms. The first-order valence-corrected chi connectivity index (χ1v) is 6.57. The number of hydrogen-bond donors (Lipinski definition) is 0. The highest BCUT2D eigenvalue weighted by molar-refractivity contribution is 6.11. The number of hydrogen-bond acceptors (Lipinski definition) is 1. The van der Waals surface area contributed by atoms with E-state index >= 15 is 0 Å². The lowest BCUT2D eigenvalue weighted by molar-refractivity contribution is -0.108. The summed E-state index contributed by atoms with van der Waals surface area (Å²) in [6.07, 6.45) is -5.98. The van der Waals surface area contributed by atoms with Crippen LogP contribution in [-0.4, -0.2) is 12.0 Å². The molecule has 0 fully saturated rings. The smallest absolute Gasteiger partial charge is 0.288 e. The van der Waals surface area contributed by atoms with Crippen molar-refractivity contribution >= 4 is 11.6 Å². The van der Waals surface area contributed by atoms with Crippen molar-refractivity contribution in [1.29, 1.82) is 0 Å². The van der Waals surface area contributed by atoms with Crippen LogP contribution >= 0.6 is 0 Å². The summed E-state index contributed by atoms with van der Waals surface area (Å²) in [6, 6.07) is 5.69. The molecule has 0 aromatic heterocycles. The van der Waals surface area contributed by atoms with Crippen LogP contribution in [0.3, 0.4) is 0 Å². The lowest BCUT2D eigenvalue weighted by atomic mass is 9.95. The van der Waals surface area contributed by atoms with Gasteiger partial charge in [0.2, 0.25) is 5.83 Å². The third-order valence-electron chi connectivity index (χ3n) is 3.19. The van der Waals surface area contributed by atoms with Crippen LogP contribution in [0.15, 0.2) is 36.2 Å². The van der Waals surface area contributed by atoms with E-state index in [2.05, 4.69) is 0 Å². The Kier molecular flexibility index (Phi) is 5.15. The van der Waals surface area contributed by atoms with Crippen LogP contribution in [0.2, 0.25) is 0 Å². The van der Waals surface area contributed by atoms with Crippen LogP contribution in [0, 0.1) is 23.3 Å². The summed E-state index contributed by atoms with van der Waals surface area (Å²) in [4.78, 5) is 12.2. The third-order valence-corrected chi connectivity index (χ3v) is 3.19. The maximum atomic E-state index is 14.0. The number of benzene rings is 2. The molecule has 0 N–H and O–H groups in total. The maximum absolute atomic E-state index is 14.0. The normalized spacial score (nSPS) is 12.8. The molecule has 0 atom stereocenters. The zero-order valence-corrected chi connectivity index (χ0v) is 12.2. The second kappa shape index (κ2) is 6.85. The highest BCUT2D eigenvalue weighted by atomic mass is 19.4. The third kappa shape index (κ3) is 3.31. The Balaban J connectivity index is 2.90. The molecule has 2 aromatic carbocycles. The molecular formula is C16H5F9O. The standard InChI is InChI=1S/C16H5F9O/c17-9-7(11(19)15(22)16(23,24)25)8(10(18)13(21)12(9)20)14(26)6-4-2-1-3-5-6/h1-5H. The van der Waals surface area contributed by atoms with Crippen molar-refractivity contribution in [3.8, 4) is 0 Å². The number of allylic oxidation sites excluding steroid dienone is 1. The fourth-order valence-electron chi connectivity index (χ4n) is 2.02. The van der Waals surface area contributed by atoms with Gasteiger partial charge in [0.1, 0.15) is 0 Å². The van der Waals surface area contributed by atoms with E-state index < -0.39 is 63.6 Å². The Morgan fingerprint density at radius 3 is 1.65 bits per heavy atom. The Morgan fingerprint density at radius 2 is 1.19 bits per heavy atom.